The highest BCUT2D eigenvalue weighted by Gasteiger charge is 2.41. The fraction of sp³-hybridized carbons (Fsp3) is 0.120. The number of para-hydroxylation sites is 2. The maximum atomic E-state index is 13.5. The van der Waals surface area contributed by atoms with Gasteiger partial charge in [-0.3, -0.25) is 9.59 Å². The Kier molecular flexibility index (Phi) is 6.26. The van der Waals surface area contributed by atoms with Gasteiger partial charge >= 0.3 is 0 Å². The maximum absolute atomic E-state index is 13.5. The predicted molar refractivity (Wildman–Crippen MR) is 129 cm³/mol. The quantitative estimate of drug-likeness (QED) is 0.456. The van der Waals surface area contributed by atoms with Gasteiger partial charge in [0.2, 0.25) is 0 Å². The number of thioether (sulfide) groups is 1. The number of carbonyl (C=O) groups excluding carboxylic acids is 2. The first-order valence-electron chi connectivity index (χ1n) is 9.93. The van der Waals surface area contributed by atoms with Crippen molar-refractivity contribution in [2.45, 2.75) is 18.7 Å². The van der Waals surface area contributed by atoms with Crippen LogP contribution in [0, 0.1) is 13.8 Å². The first-order valence-corrected chi connectivity index (χ1v) is 11.1. The summed E-state index contributed by atoms with van der Waals surface area (Å²) in [6.07, 6.45) is 0. The van der Waals surface area contributed by atoms with Gasteiger partial charge in [0.1, 0.15) is 16.4 Å². The Balaban J connectivity index is 1.78. The Labute approximate surface area is 196 Å². The van der Waals surface area contributed by atoms with E-state index in [0.717, 1.165) is 16.0 Å². The molecule has 0 saturated carbocycles. The summed E-state index contributed by atoms with van der Waals surface area (Å²) in [5, 5.41) is 3.75. The molecule has 3 aromatic carbocycles. The Morgan fingerprint density at radius 2 is 1.66 bits per heavy atom. The van der Waals surface area contributed by atoms with Crippen LogP contribution in [0.5, 0.6) is 5.75 Å². The van der Waals surface area contributed by atoms with Crippen molar-refractivity contribution in [1.82, 2.24) is 0 Å². The normalized spacial score (nSPS) is 13.7. The van der Waals surface area contributed by atoms with Crippen LogP contribution in [0.25, 0.3) is 0 Å². The van der Waals surface area contributed by atoms with Gasteiger partial charge in [-0.15, -0.1) is 0 Å². The number of rotatable bonds is 6. The average molecular weight is 465 g/mol. The van der Waals surface area contributed by atoms with Gasteiger partial charge in [0.15, 0.2) is 0 Å². The Bertz CT molecular complexity index is 1240. The predicted octanol–water partition coefficient (Wildman–Crippen LogP) is 5.95. The van der Waals surface area contributed by atoms with Gasteiger partial charge in [-0.1, -0.05) is 53.2 Å². The molecule has 0 unspecified atom stereocenters. The number of hydrogen-bond donors (Lipinski definition) is 1. The molecule has 0 aliphatic carbocycles. The maximum Gasteiger partial charge on any atom is 0.283 e. The number of hydrogen-bond acceptors (Lipinski definition) is 5. The number of aryl methyl sites for hydroxylation is 2. The molecule has 4 rings (SSSR count). The van der Waals surface area contributed by atoms with Crippen LogP contribution in [0.2, 0.25) is 5.02 Å². The summed E-state index contributed by atoms with van der Waals surface area (Å²) in [7, 11) is 1.56. The highest BCUT2D eigenvalue weighted by atomic mass is 35.5. The first kappa shape index (κ1) is 22.0. The van der Waals surface area contributed by atoms with E-state index < -0.39 is 5.91 Å². The van der Waals surface area contributed by atoms with E-state index in [4.69, 9.17) is 16.3 Å². The summed E-state index contributed by atoms with van der Waals surface area (Å²) in [4.78, 5) is 29.4. The molecule has 32 heavy (non-hydrogen) atoms. The van der Waals surface area contributed by atoms with E-state index in [1.165, 1.54) is 16.7 Å². The van der Waals surface area contributed by atoms with Crippen LogP contribution in [-0.4, -0.2) is 18.9 Å². The number of halogens is 1. The molecule has 2 amide bonds. The van der Waals surface area contributed by atoms with Crippen molar-refractivity contribution in [3.05, 3.63) is 93.5 Å². The zero-order chi connectivity index (χ0) is 22.8. The van der Waals surface area contributed by atoms with Crippen molar-refractivity contribution in [3.63, 3.8) is 0 Å². The minimum atomic E-state index is -0.413. The molecule has 162 valence electrons. The lowest BCUT2D eigenvalue weighted by atomic mass is 10.1. The van der Waals surface area contributed by atoms with Crippen molar-refractivity contribution in [2.75, 3.05) is 17.3 Å². The number of nitrogens with one attached hydrogen (secondary N) is 1. The van der Waals surface area contributed by atoms with Crippen molar-refractivity contribution in [1.29, 1.82) is 0 Å². The standard InChI is InChI=1S/C25H21ClN2O3S/c1-15-8-13-20(16(2)14-15)28-24(29)22(27-19-6-4-5-7-21(19)31-3)23(25(28)30)32-18-11-9-17(26)10-12-18/h4-14,27H,1-3H3. The number of methoxy groups -OCH3 is 1. The van der Waals surface area contributed by atoms with Gasteiger partial charge in [-0.05, 0) is 61.9 Å². The second-order valence-electron chi connectivity index (χ2n) is 7.32. The third-order valence-electron chi connectivity index (χ3n) is 5.03. The molecule has 0 saturated heterocycles. The molecular formula is C25H21ClN2O3S. The number of carbonyl (C=O) groups is 2. The summed E-state index contributed by atoms with van der Waals surface area (Å²) in [5.74, 6) is -0.218. The van der Waals surface area contributed by atoms with Crippen molar-refractivity contribution >= 4 is 46.6 Å². The molecule has 1 aliphatic heterocycles. The van der Waals surface area contributed by atoms with Gasteiger partial charge in [-0.25, -0.2) is 4.90 Å². The zero-order valence-electron chi connectivity index (χ0n) is 17.8. The lowest BCUT2D eigenvalue weighted by molar-refractivity contribution is -0.120. The molecule has 0 atom stereocenters. The minimum absolute atomic E-state index is 0.208. The number of imide groups is 1. The van der Waals surface area contributed by atoms with Crippen LogP contribution >= 0.6 is 23.4 Å². The molecule has 7 heteroatoms. The van der Waals surface area contributed by atoms with Crippen LogP contribution in [-0.2, 0) is 9.59 Å². The summed E-state index contributed by atoms with van der Waals surface area (Å²) < 4.78 is 5.41. The van der Waals surface area contributed by atoms with E-state index >= 15 is 0 Å². The van der Waals surface area contributed by atoms with E-state index in [-0.39, 0.29) is 11.6 Å². The number of benzene rings is 3. The smallest absolute Gasteiger partial charge is 0.283 e. The third kappa shape index (κ3) is 4.24. The van der Waals surface area contributed by atoms with Gasteiger partial charge in [0.05, 0.1) is 18.5 Å². The van der Waals surface area contributed by atoms with Gasteiger partial charge in [-0.2, -0.15) is 0 Å². The molecule has 1 N–H and O–H groups in total. The summed E-state index contributed by atoms with van der Waals surface area (Å²) in [5.41, 5.74) is 3.28. The van der Waals surface area contributed by atoms with Crippen LogP contribution < -0.4 is 15.0 Å². The van der Waals surface area contributed by atoms with Gasteiger partial charge in [0.25, 0.3) is 11.8 Å². The number of anilines is 2. The third-order valence-corrected chi connectivity index (χ3v) is 6.38. The molecule has 0 fully saturated rings. The van der Waals surface area contributed by atoms with Crippen molar-refractivity contribution in [3.8, 4) is 5.75 Å². The lowest BCUT2D eigenvalue weighted by Gasteiger charge is -2.18. The SMILES string of the molecule is COc1ccccc1NC1=C(Sc2ccc(Cl)cc2)C(=O)N(c2ccc(C)cc2C)C1=O. The van der Waals surface area contributed by atoms with E-state index in [2.05, 4.69) is 5.32 Å². The fourth-order valence-electron chi connectivity index (χ4n) is 3.49. The van der Waals surface area contributed by atoms with Gasteiger partial charge in [0, 0.05) is 9.92 Å². The monoisotopic (exact) mass is 464 g/mol. The minimum Gasteiger partial charge on any atom is -0.495 e. The highest BCUT2D eigenvalue weighted by molar-refractivity contribution is 8.04. The van der Waals surface area contributed by atoms with E-state index in [9.17, 15) is 9.59 Å². The second-order valence-corrected chi connectivity index (χ2v) is 8.84. The molecule has 0 spiro atoms. The Morgan fingerprint density at radius 3 is 2.34 bits per heavy atom. The molecule has 0 aromatic heterocycles. The molecule has 1 heterocycles. The van der Waals surface area contributed by atoms with Crippen molar-refractivity contribution < 1.29 is 14.3 Å². The fourth-order valence-corrected chi connectivity index (χ4v) is 4.55. The lowest BCUT2D eigenvalue weighted by Crippen LogP contribution is -2.33. The molecular weight excluding hydrogens is 444 g/mol. The molecule has 0 radical (unpaired) electrons. The topological polar surface area (TPSA) is 58.6 Å². The first-order chi connectivity index (χ1) is 15.4. The second kappa shape index (κ2) is 9.10. The van der Waals surface area contributed by atoms with Crippen molar-refractivity contribution in [2.24, 2.45) is 0 Å². The van der Waals surface area contributed by atoms with Crippen LogP contribution in [0.4, 0.5) is 11.4 Å². The number of nitrogens with zero attached hydrogens (tertiary/aromatic N) is 1. The number of ether oxygens (including phenoxy) is 1. The largest absolute Gasteiger partial charge is 0.495 e. The van der Waals surface area contributed by atoms with Crippen LogP contribution in [0.15, 0.2) is 82.2 Å². The Morgan fingerprint density at radius 1 is 0.938 bits per heavy atom. The molecule has 3 aromatic rings. The van der Waals surface area contributed by atoms with E-state index in [1.807, 2.05) is 50.2 Å². The van der Waals surface area contributed by atoms with Crippen LogP contribution in [0.3, 0.4) is 0 Å². The van der Waals surface area contributed by atoms with Crippen LogP contribution in [0.1, 0.15) is 11.1 Å². The average Bonchev–Trinajstić information content (AvgIpc) is 3.00. The van der Waals surface area contributed by atoms with E-state index in [0.29, 0.717) is 27.1 Å². The molecule has 0 bridgehead atoms. The Hall–Kier alpha value is -3.22. The number of amides is 2. The molecule has 1 aliphatic rings. The summed E-state index contributed by atoms with van der Waals surface area (Å²) in [6, 6.07) is 20.0. The summed E-state index contributed by atoms with van der Waals surface area (Å²) in [6.45, 7) is 3.86. The highest BCUT2D eigenvalue weighted by Crippen LogP contribution is 2.40. The zero-order valence-corrected chi connectivity index (χ0v) is 19.4. The van der Waals surface area contributed by atoms with Gasteiger partial charge < -0.3 is 10.1 Å². The summed E-state index contributed by atoms with van der Waals surface area (Å²) >= 11 is 7.23. The van der Waals surface area contributed by atoms with E-state index in [1.54, 1.807) is 37.4 Å². The molecule has 5 nitrogen and oxygen atoms in total.